The summed E-state index contributed by atoms with van der Waals surface area (Å²) in [4.78, 5) is 2.56. The van der Waals surface area contributed by atoms with Crippen LogP contribution in [0.15, 0.2) is 0 Å². The third kappa shape index (κ3) is 3.44. The van der Waals surface area contributed by atoms with Gasteiger partial charge in [-0.05, 0) is 45.1 Å². The molecule has 0 aromatic rings. The molecule has 2 rings (SSSR count). The summed E-state index contributed by atoms with van der Waals surface area (Å²) >= 11 is 0. The molecule has 2 fully saturated rings. The molecule has 94 valence electrons. The fourth-order valence-electron chi connectivity index (χ4n) is 3.06. The number of hydrogen-bond donors (Lipinski definition) is 1. The smallest absolute Gasteiger partial charge is 0.0673 e. The van der Waals surface area contributed by atoms with Crippen LogP contribution in [0.3, 0.4) is 0 Å². The van der Waals surface area contributed by atoms with Gasteiger partial charge in [0, 0.05) is 25.7 Å². The molecule has 1 heterocycles. The van der Waals surface area contributed by atoms with Crippen LogP contribution in [0.2, 0.25) is 0 Å². The van der Waals surface area contributed by atoms with Crippen molar-refractivity contribution in [1.29, 1.82) is 0 Å². The molecule has 3 nitrogen and oxygen atoms in total. The van der Waals surface area contributed by atoms with E-state index in [9.17, 15) is 0 Å². The average Bonchev–Trinajstić information content (AvgIpc) is 2.54. The zero-order valence-corrected chi connectivity index (χ0v) is 10.5. The number of hydrogen-bond acceptors (Lipinski definition) is 3. The number of ether oxygens (including phenoxy) is 1. The Labute approximate surface area is 99.3 Å². The van der Waals surface area contributed by atoms with Crippen LogP contribution < -0.4 is 5.73 Å². The predicted molar refractivity (Wildman–Crippen MR) is 66.4 cm³/mol. The van der Waals surface area contributed by atoms with Crippen LogP contribution in [0.25, 0.3) is 0 Å². The lowest BCUT2D eigenvalue weighted by atomic mass is 10.00. The molecule has 0 aromatic carbocycles. The quantitative estimate of drug-likeness (QED) is 0.794. The lowest BCUT2D eigenvalue weighted by molar-refractivity contribution is 0.0669. The number of rotatable bonds is 3. The van der Waals surface area contributed by atoms with E-state index in [2.05, 4.69) is 11.8 Å². The van der Waals surface area contributed by atoms with Crippen LogP contribution >= 0.6 is 0 Å². The minimum atomic E-state index is 0.403. The second kappa shape index (κ2) is 5.99. The molecule has 1 saturated heterocycles. The summed E-state index contributed by atoms with van der Waals surface area (Å²) in [5, 5.41) is 0. The highest BCUT2D eigenvalue weighted by molar-refractivity contribution is 4.81. The molecule has 1 saturated carbocycles. The topological polar surface area (TPSA) is 38.5 Å². The molecule has 0 amide bonds. The molecule has 1 aliphatic heterocycles. The zero-order chi connectivity index (χ0) is 11.4. The molecule has 1 aliphatic carbocycles. The summed E-state index contributed by atoms with van der Waals surface area (Å²) in [6.45, 7) is 6.63. The molecule has 0 bridgehead atoms. The third-order valence-corrected chi connectivity index (χ3v) is 4.07. The Kier molecular flexibility index (Phi) is 4.62. The van der Waals surface area contributed by atoms with Gasteiger partial charge in [-0.15, -0.1) is 0 Å². The summed E-state index contributed by atoms with van der Waals surface area (Å²) in [6.07, 6.45) is 6.80. The Balaban J connectivity index is 1.71. The van der Waals surface area contributed by atoms with Crippen LogP contribution in [0.5, 0.6) is 0 Å². The minimum Gasteiger partial charge on any atom is -0.377 e. The molecule has 3 unspecified atom stereocenters. The molecule has 0 radical (unpaired) electrons. The largest absolute Gasteiger partial charge is 0.377 e. The van der Waals surface area contributed by atoms with Gasteiger partial charge in [-0.3, -0.25) is 0 Å². The van der Waals surface area contributed by atoms with Crippen LogP contribution in [0.1, 0.15) is 39.0 Å². The van der Waals surface area contributed by atoms with Crippen molar-refractivity contribution in [2.75, 3.05) is 26.2 Å². The van der Waals surface area contributed by atoms with Crippen LogP contribution in [0, 0.1) is 5.92 Å². The van der Waals surface area contributed by atoms with Gasteiger partial charge in [0.05, 0.1) is 6.10 Å². The van der Waals surface area contributed by atoms with Gasteiger partial charge in [-0.1, -0.05) is 6.42 Å². The van der Waals surface area contributed by atoms with Gasteiger partial charge < -0.3 is 15.4 Å². The highest BCUT2D eigenvalue weighted by Crippen LogP contribution is 2.27. The monoisotopic (exact) mass is 226 g/mol. The van der Waals surface area contributed by atoms with Gasteiger partial charge in [-0.2, -0.15) is 0 Å². The van der Waals surface area contributed by atoms with Crippen molar-refractivity contribution in [3.63, 3.8) is 0 Å². The van der Waals surface area contributed by atoms with Crippen molar-refractivity contribution in [2.24, 2.45) is 11.7 Å². The van der Waals surface area contributed by atoms with Crippen molar-refractivity contribution in [1.82, 2.24) is 4.90 Å². The van der Waals surface area contributed by atoms with Gasteiger partial charge in [0.2, 0.25) is 0 Å². The fraction of sp³-hybridized carbons (Fsp3) is 1.00. The first-order valence-corrected chi connectivity index (χ1v) is 6.85. The lowest BCUT2D eigenvalue weighted by Gasteiger charge is -2.24. The highest BCUT2D eigenvalue weighted by atomic mass is 16.5. The van der Waals surface area contributed by atoms with Crippen LogP contribution in [-0.2, 0) is 4.74 Å². The summed E-state index contributed by atoms with van der Waals surface area (Å²) < 4.78 is 5.66. The van der Waals surface area contributed by atoms with E-state index in [1.54, 1.807) is 0 Å². The molecule has 0 spiro atoms. The SMILES string of the molecule is CC1CN(CCC2CCCC2N)CCCO1. The molecule has 0 aromatic heterocycles. The van der Waals surface area contributed by atoms with Crippen molar-refractivity contribution in [3.8, 4) is 0 Å². The second-order valence-corrected chi connectivity index (χ2v) is 5.48. The van der Waals surface area contributed by atoms with Gasteiger partial charge in [0.1, 0.15) is 0 Å². The fourth-order valence-corrected chi connectivity index (χ4v) is 3.06. The van der Waals surface area contributed by atoms with Gasteiger partial charge in [0.25, 0.3) is 0 Å². The van der Waals surface area contributed by atoms with E-state index in [0.29, 0.717) is 12.1 Å². The molecule has 2 N–H and O–H groups in total. The van der Waals surface area contributed by atoms with E-state index in [0.717, 1.165) is 19.1 Å². The number of nitrogens with two attached hydrogens (primary N) is 1. The van der Waals surface area contributed by atoms with Gasteiger partial charge in [-0.25, -0.2) is 0 Å². The molecular formula is C13H26N2O. The maximum Gasteiger partial charge on any atom is 0.0673 e. The molecule has 2 aliphatic rings. The Morgan fingerprint density at radius 3 is 2.94 bits per heavy atom. The first-order valence-electron chi connectivity index (χ1n) is 6.85. The lowest BCUT2D eigenvalue weighted by Crippen LogP contribution is -2.34. The predicted octanol–water partition coefficient (Wildman–Crippen LogP) is 1.61. The molecule has 16 heavy (non-hydrogen) atoms. The van der Waals surface area contributed by atoms with Gasteiger partial charge >= 0.3 is 0 Å². The maximum atomic E-state index is 6.11. The average molecular weight is 226 g/mol. The van der Waals surface area contributed by atoms with E-state index in [1.807, 2.05) is 0 Å². The second-order valence-electron chi connectivity index (χ2n) is 5.48. The summed E-state index contributed by atoms with van der Waals surface area (Å²) in [7, 11) is 0. The summed E-state index contributed by atoms with van der Waals surface area (Å²) in [5.41, 5.74) is 6.11. The standard InChI is InChI=1S/C13H26N2O/c1-11-10-15(7-3-9-16-11)8-6-12-4-2-5-13(12)14/h11-13H,2-10,14H2,1H3. The van der Waals surface area contributed by atoms with Crippen LogP contribution in [-0.4, -0.2) is 43.3 Å². The first kappa shape index (κ1) is 12.3. The van der Waals surface area contributed by atoms with Crippen molar-refractivity contribution < 1.29 is 4.74 Å². The molecule has 3 heteroatoms. The maximum absolute atomic E-state index is 6.11. The Morgan fingerprint density at radius 1 is 1.31 bits per heavy atom. The zero-order valence-electron chi connectivity index (χ0n) is 10.5. The normalized spacial score (nSPS) is 37.5. The van der Waals surface area contributed by atoms with Crippen molar-refractivity contribution in [3.05, 3.63) is 0 Å². The third-order valence-electron chi connectivity index (χ3n) is 4.07. The summed E-state index contributed by atoms with van der Waals surface area (Å²) in [6, 6.07) is 0.473. The van der Waals surface area contributed by atoms with Gasteiger partial charge in [0.15, 0.2) is 0 Å². The van der Waals surface area contributed by atoms with Crippen LogP contribution in [0.4, 0.5) is 0 Å². The highest BCUT2D eigenvalue weighted by Gasteiger charge is 2.24. The Hall–Kier alpha value is -0.120. The van der Waals surface area contributed by atoms with E-state index in [4.69, 9.17) is 10.5 Å². The minimum absolute atomic E-state index is 0.403. The molecule has 3 atom stereocenters. The van der Waals surface area contributed by atoms with Crippen molar-refractivity contribution in [2.45, 2.75) is 51.2 Å². The first-order chi connectivity index (χ1) is 7.75. The summed E-state index contributed by atoms with van der Waals surface area (Å²) in [5.74, 6) is 0.777. The Morgan fingerprint density at radius 2 is 2.19 bits per heavy atom. The van der Waals surface area contributed by atoms with E-state index >= 15 is 0 Å². The number of nitrogens with zero attached hydrogens (tertiary/aromatic N) is 1. The molecular weight excluding hydrogens is 200 g/mol. The van der Waals surface area contributed by atoms with E-state index < -0.39 is 0 Å². The van der Waals surface area contributed by atoms with E-state index in [1.165, 1.54) is 45.2 Å². The van der Waals surface area contributed by atoms with E-state index in [-0.39, 0.29) is 0 Å². The van der Waals surface area contributed by atoms with Crippen molar-refractivity contribution >= 4 is 0 Å². The Bertz CT molecular complexity index is 210.